The number of rotatable bonds is 7. The highest BCUT2D eigenvalue weighted by Crippen LogP contribution is 2.39. The number of aromatic nitrogens is 2. The molecule has 0 aliphatic carbocycles. The predicted octanol–water partition coefficient (Wildman–Crippen LogP) is 4.63. The lowest BCUT2D eigenvalue weighted by Crippen LogP contribution is -2.31. The standard InChI is InChI=1S/C23H25N3O4S2/c1-14(28)24-19-9-7-18(8-10-19)22-29-20(13-31-23-26-25-15(2)32-23)11-21(30-22)17-5-3-16(12-27)4-6-17/h3-10,20-22,27H,11-13H2,1-2H3,(H,24,28)/t20-,21+,22+/m1/s1. The molecule has 1 fully saturated rings. The summed E-state index contributed by atoms with van der Waals surface area (Å²) in [5.74, 6) is 0.627. The fraction of sp³-hybridized carbons (Fsp3) is 0.348. The summed E-state index contributed by atoms with van der Waals surface area (Å²) in [6.07, 6.45) is 0.00201. The molecule has 4 rings (SSSR count). The highest BCUT2D eigenvalue weighted by Gasteiger charge is 2.32. The van der Waals surface area contributed by atoms with Gasteiger partial charge in [0.05, 0.1) is 18.8 Å². The van der Waals surface area contributed by atoms with Crippen LogP contribution in [0.5, 0.6) is 0 Å². The van der Waals surface area contributed by atoms with E-state index in [1.807, 2.05) is 55.5 Å². The lowest BCUT2D eigenvalue weighted by atomic mass is 10.0. The normalized spacial score (nSPS) is 20.8. The maximum absolute atomic E-state index is 11.3. The summed E-state index contributed by atoms with van der Waals surface area (Å²) < 4.78 is 13.6. The molecule has 168 valence electrons. The van der Waals surface area contributed by atoms with Gasteiger partial charge < -0.3 is 19.9 Å². The highest BCUT2D eigenvalue weighted by atomic mass is 32.2. The van der Waals surface area contributed by atoms with Crippen molar-refractivity contribution in [2.75, 3.05) is 11.1 Å². The van der Waals surface area contributed by atoms with Crippen molar-refractivity contribution in [3.63, 3.8) is 0 Å². The summed E-state index contributed by atoms with van der Waals surface area (Å²) in [6.45, 7) is 3.44. The number of aliphatic hydroxyl groups excluding tert-OH is 1. The van der Waals surface area contributed by atoms with Crippen LogP contribution in [-0.4, -0.2) is 33.1 Å². The van der Waals surface area contributed by atoms with E-state index in [4.69, 9.17) is 9.47 Å². The van der Waals surface area contributed by atoms with Crippen LogP contribution in [0.1, 0.15) is 47.4 Å². The zero-order valence-electron chi connectivity index (χ0n) is 17.9. The molecule has 3 aromatic rings. The van der Waals surface area contributed by atoms with Crippen LogP contribution < -0.4 is 5.32 Å². The number of hydrogen-bond donors (Lipinski definition) is 2. The van der Waals surface area contributed by atoms with E-state index in [-0.39, 0.29) is 24.7 Å². The third-order valence-corrected chi connectivity index (χ3v) is 7.12. The minimum atomic E-state index is -0.528. The molecule has 0 saturated carbocycles. The van der Waals surface area contributed by atoms with E-state index in [0.717, 1.165) is 37.5 Å². The van der Waals surface area contributed by atoms with Crippen LogP contribution in [0, 0.1) is 6.92 Å². The highest BCUT2D eigenvalue weighted by molar-refractivity contribution is 8.01. The number of carbonyl (C=O) groups is 1. The van der Waals surface area contributed by atoms with Gasteiger partial charge in [0.15, 0.2) is 10.6 Å². The number of hydrogen-bond acceptors (Lipinski definition) is 8. The molecule has 3 atom stereocenters. The summed E-state index contributed by atoms with van der Waals surface area (Å²) in [4.78, 5) is 11.3. The Morgan fingerprint density at radius 3 is 2.47 bits per heavy atom. The van der Waals surface area contributed by atoms with Gasteiger partial charge in [-0.2, -0.15) is 0 Å². The Balaban J connectivity index is 1.51. The molecule has 0 spiro atoms. The SMILES string of the molecule is CC(=O)Nc1ccc([C@H]2O[C@@H](CSc3nnc(C)s3)C[C@@H](c3ccc(CO)cc3)O2)cc1. The zero-order valence-corrected chi connectivity index (χ0v) is 19.5. The van der Waals surface area contributed by atoms with E-state index < -0.39 is 6.29 Å². The van der Waals surface area contributed by atoms with Crippen LogP contribution in [0.2, 0.25) is 0 Å². The van der Waals surface area contributed by atoms with Crippen molar-refractivity contribution >= 4 is 34.7 Å². The molecule has 2 N–H and O–H groups in total. The van der Waals surface area contributed by atoms with Crippen molar-refractivity contribution in [3.05, 3.63) is 70.2 Å². The van der Waals surface area contributed by atoms with Crippen molar-refractivity contribution in [1.82, 2.24) is 10.2 Å². The smallest absolute Gasteiger partial charge is 0.221 e. The fourth-order valence-electron chi connectivity index (χ4n) is 3.45. The predicted molar refractivity (Wildman–Crippen MR) is 125 cm³/mol. The second-order valence-corrected chi connectivity index (χ2v) is 10.0. The Morgan fingerprint density at radius 1 is 1.12 bits per heavy atom. The Bertz CT molecular complexity index is 1040. The molecule has 1 amide bonds. The van der Waals surface area contributed by atoms with Crippen LogP contribution in [0.25, 0.3) is 0 Å². The Morgan fingerprint density at radius 2 is 1.84 bits per heavy atom. The van der Waals surface area contributed by atoms with Gasteiger partial charge in [-0.15, -0.1) is 10.2 Å². The number of aliphatic hydroxyl groups is 1. The van der Waals surface area contributed by atoms with Crippen LogP contribution in [0.15, 0.2) is 52.9 Å². The number of benzene rings is 2. The van der Waals surface area contributed by atoms with Gasteiger partial charge >= 0.3 is 0 Å². The first-order chi connectivity index (χ1) is 15.5. The average Bonchev–Trinajstić information content (AvgIpc) is 3.23. The van der Waals surface area contributed by atoms with E-state index in [9.17, 15) is 9.90 Å². The molecule has 1 saturated heterocycles. The van der Waals surface area contributed by atoms with Gasteiger partial charge in [0.1, 0.15) is 5.01 Å². The summed E-state index contributed by atoms with van der Waals surface area (Å²) in [6, 6.07) is 15.3. The molecule has 7 nitrogen and oxygen atoms in total. The van der Waals surface area contributed by atoms with Gasteiger partial charge in [0.25, 0.3) is 0 Å². The maximum Gasteiger partial charge on any atom is 0.221 e. The second-order valence-electron chi connectivity index (χ2n) is 7.55. The number of thioether (sulfide) groups is 1. The maximum atomic E-state index is 11.3. The molecule has 32 heavy (non-hydrogen) atoms. The summed E-state index contributed by atoms with van der Waals surface area (Å²) in [7, 11) is 0. The molecular weight excluding hydrogens is 446 g/mol. The molecule has 2 heterocycles. The summed E-state index contributed by atoms with van der Waals surface area (Å²) >= 11 is 3.22. The fourth-order valence-corrected chi connectivity index (χ4v) is 5.31. The minimum absolute atomic E-state index is 0.0126. The molecule has 9 heteroatoms. The van der Waals surface area contributed by atoms with E-state index in [2.05, 4.69) is 15.5 Å². The first-order valence-corrected chi connectivity index (χ1v) is 12.1. The van der Waals surface area contributed by atoms with E-state index in [1.165, 1.54) is 6.92 Å². The second kappa shape index (κ2) is 10.5. The summed E-state index contributed by atoms with van der Waals surface area (Å²) in [5, 5.41) is 21.3. The molecule has 0 bridgehead atoms. The van der Waals surface area contributed by atoms with Crippen molar-refractivity contribution in [2.45, 2.75) is 49.7 Å². The first-order valence-electron chi connectivity index (χ1n) is 10.3. The third kappa shape index (κ3) is 5.93. The van der Waals surface area contributed by atoms with Crippen molar-refractivity contribution < 1.29 is 19.4 Å². The van der Waals surface area contributed by atoms with Crippen LogP contribution in [-0.2, 0) is 20.9 Å². The number of nitrogens with zero attached hydrogens (tertiary/aromatic N) is 2. The van der Waals surface area contributed by atoms with Crippen molar-refractivity contribution in [2.24, 2.45) is 0 Å². The van der Waals surface area contributed by atoms with Gasteiger partial charge in [0.2, 0.25) is 5.91 Å². The van der Waals surface area contributed by atoms with Gasteiger partial charge in [-0.05, 0) is 30.2 Å². The lowest BCUT2D eigenvalue weighted by Gasteiger charge is -2.36. The van der Waals surface area contributed by atoms with E-state index in [0.29, 0.717) is 6.42 Å². The topological polar surface area (TPSA) is 93.6 Å². The van der Waals surface area contributed by atoms with Crippen molar-refractivity contribution in [1.29, 1.82) is 0 Å². The molecule has 0 unspecified atom stereocenters. The molecule has 1 aliphatic heterocycles. The number of nitrogens with one attached hydrogen (secondary N) is 1. The lowest BCUT2D eigenvalue weighted by molar-refractivity contribution is -0.245. The number of amides is 1. The molecule has 2 aromatic carbocycles. The monoisotopic (exact) mass is 471 g/mol. The summed E-state index contributed by atoms with van der Waals surface area (Å²) in [5.41, 5.74) is 3.53. The van der Waals surface area contributed by atoms with Crippen LogP contribution in [0.3, 0.4) is 0 Å². The Hall–Kier alpha value is -2.30. The average molecular weight is 472 g/mol. The number of anilines is 1. The quantitative estimate of drug-likeness (QED) is 0.485. The molecule has 1 aliphatic rings. The number of ether oxygens (including phenoxy) is 2. The van der Waals surface area contributed by atoms with Crippen LogP contribution in [0.4, 0.5) is 5.69 Å². The Labute approximate surface area is 195 Å². The minimum Gasteiger partial charge on any atom is -0.392 e. The largest absolute Gasteiger partial charge is 0.392 e. The molecular formula is C23H25N3O4S2. The van der Waals surface area contributed by atoms with Crippen LogP contribution >= 0.6 is 23.1 Å². The third-order valence-electron chi connectivity index (χ3n) is 5.02. The van der Waals surface area contributed by atoms with E-state index in [1.54, 1.807) is 23.1 Å². The van der Waals surface area contributed by atoms with Gasteiger partial charge in [-0.1, -0.05) is 59.5 Å². The first kappa shape index (κ1) is 22.9. The zero-order chi connectivity index (χ0) is 22.5. The molecule has 0 radical (unpaired) electrons. The van der Waals surface area contributed by atoms with Gasteiger partial charge in [-0.3, -0.25) is 4.79 Å². The van der Waals surface area contributed by atoms with Gasteiger partial charge in [0, 0.05) is 30.3 Å². The van der Waals surface area contributed by atoms with Gasteiger partial charge in [-0.25, -0.2) is 0 Å². The van der Waals surface area contributed by atoms with Crippen molar-refractivity contribution in [3.8, 4) is 0 Å². The molecule has 1 aromatic heterocycles. The Kier molecular flexibility index (Phi) is 7.54. The number of carbonyl (C=O) groups excluding carboxylic acids is 1. The van der Waals surface area contributed by atoms with E-state index >= 15 is 0 Å². The number of aryl methyl sites for hydroxylation is 1.